The lowest BCUT2D eigenvalue weighted by molar-refractivity contribution is -0.113. The van der Waals surface area contributed by atoms with Crippen LogP contribution in [0.25, 0.3) is 11.4 Å². The Balaban J connectivity index is 1.65. The Morgan fingerprint density at radius 3 is 2.78 bits per heavy atom. The maximum absolute atomic E-state index is 12.2. The second kappa shape index (κ2) is 8.51. The fourth-order valence-electron chi connectivity index (χ4n) is 2.24. The van der Waals surface area contributed by atoms with Crippen LogP contribution in [-0.4, -0.2) is 33.6 Å². The number of halogens is 2. The van der Waals surface area contributed by atoms with Gasteiger partial charge in [-0.1, -0.05) is 41.0 Å². The fraction of sp³-hybridized carbons (Fsp3) is 0.118. The summed E-state index contributed by atoms with van der Waals surface area (Å²) in [7, 11) is 1.57. The van der Waals surface area contributed by atoms with E-state index >= 15 is 0 Å². The summed E-state index contributed by atoms with van der Waals surface area (Å²) in [6, 6.07) is 12.2. The van der Waals surface area contributed by atoms with Crippen LogP contribution in [0.5, 0.6) is 5.75 Å². The smallest absolute Gasteiger partial charge is 0.234 e. The Bertz CT molecular complexity index is 980. The van der Waals surface area contributed by atoms with Gasteiger partial charge < -0.3 is 15.9 Å². The van der Waals surface area contributed by atoms with Gasteiger partial charge in [0.15, 0.2) is 5.82 Å². The molecule has 10 heteroatoms. The normalized spacial score (nSPS) is 10.6. The first-order valence-corrected chi connectivity index (χ1v) is 9.44. The van der Waals surface area contributed by atoms with E-state index in [1.807, 2.05) is 0 Å². The van der Waals surface area contributed by atoms with Crippen molar-refractivity contribution < 1.29 is 9.53 Å². The number of hydrogen-bond acceptors (Lipinski definition) is 6. The number of methoxy groups -OCH3 is 1. The van der Waals surface area contributed by atoms with Crippen LogP contribution < -0.4 is 15.9 Å². The van der Waals surface area contributed by atoms with E-state index in [1.165, 1.54) is 16.4 Å². The number of thioether (sulfide) groups is 1. The molecule has 0 bridgehead atoms. The average molecular weight is 424 g/mol. The van der Waals surface area contributed by atoms with Crippen molar-refractivity contribution in [2.75, 3.05) is 24.0 Å². The quantitative estimate of drug-likeness (QED) is 0.463. The van der Waals surface area contributed by atoms with Crippen molar-refractivity contribution >= 4 is 46.6 Å². The largest absolute Gasteiger partial charge is 0.497 e. The number of nitrogens with one attached hydrogen (secondary N) is 1. The molecule has 3 rings (SSSR count). The Morgan fingerprint density at radius 1 is 1.22 bits per heavy atom. The molecule has 3 N–H and O–H groups in total. The molecule has 0 aliphatic heterocycles. The molecule has 0 saturated carbocycles. The van der Waals surface area contributed by atoms with Crippen LogP contribution in [0.4, 0.5) is 5.69 Å². The number of rotatable bonds is 6. The van der Waals surface area contributed by atoms with Crippen molar-refractivity contribution in [1.29, 1.82) is 0 Å². The maximum atomic E-state index is 12.2. The van der Waals surface area contributed by atoms with Gasteiger partial charge in [0.1, 0.15) is 5.75 Å². The lowest BCUT2D eigenvalue weighted by Gasteiger charge is -2.07. The minimum absolute atomic E-state index is 0.119. The highest BCUT2D eigenvalue weighted by molar-refractivity contribution is 7.99. The van der Waals surface area contributed by atoms with Crippen molar-refractivity contribution in [1.82, 2.24) is 14.9 Å². The fourth-order valence-corrected chi connectivity index (χ4v) is 3.19. The predicted octanol–water partition coefficient (Wildman–Crippen LogP) is 3.71. The minimum atomic E-state index is -0.202. The molecule has 1 aromatic heterocycles. The topological polar surface area (TPSA) is 95.1 Å². The number of ether oxygens (including phenoxy) is 1. The number of hydrogen-bond donors (Lipinski definition) is 2. The monoisotopic (exact) mass is 423 g/mol. The molecule has 0 unspecified atom stereocenters. The first-order valence-electron chi connectivity index (χ1n) is 7.70. The number of nitrogens with two attached hydrogens (primary N) is 1. The number of carbonyl (C=O) groups excluding carboxylic acids is 1. The molecular weight excluding hydrogens is 409 g/mol. The molecule has 2 aromatic carbocycles. The maximum Gasteiger partial charge on any atom is 0.234 e. The summed E-state index contributed by atoms with van der Waals surface area (Å²) in [5, 5.41) is 12.1. The van der Waals surface area contributed by atoms with Gasteiger partial charge in [-0.2, -0.15) is 0 Å². The minimum Gasteiger partial charge on any atom is -0.497 e. The highest BCUT2D eigenvalue weighted by Gasteiger charge is 2.15. The van der Waals surface area contributed by atoms with Gasteiger partial charge in [0.05, 0.1) is 22.9 Å². The molecule has 140 valence electrons. The molecule has 0 fully saturated rings. The predicted molar refractivity (Wildman–Crippen MR) is 108 cm³/mol. The summed E-state index contributed by atoms with van der Waals surface area (Å²) < 4.78 is 6.44. The zero-order valence-corrected chi connectivity index (χ0v) is 16.5. The molecule has 3 aromatic rings. The number of nitrogen functional groups attached to an aromatic ring is 1. The Morgan fingerprint density at radius 2 is 2.04 bits per heavy atom. The van der Waals surface area contributed by atoms with Gasteiger partial charge in [-0.25, -0.2) is 4.68 Å². The summed E-state index contributed by atoms with van der Waals surface area (Å²) in [4.78, 5) is 12.2. The van der Waals surface area contributed by atoms with Crippen LogP contribution in [0.3, 0.4) is 0 Å². The first-order chi connectivity index (χ1) is 13.0. The summed E-state index contributed by atoms with van der Waals surface area (Å²) in [5.74, 6) is 7.05. The van der Waals surface area contributed by atoms with Crippen molar-refractivity contribution in [3.05, 3.63) is 52.5 Å². The van der Waals surface area contributed by atoms with Crippen LogP contribution in [0, 0.1) is 0 Å². The lowest BCUT2D eigenvalue weighted by Crippen LogP contribution is -2.16. The standard InChI is InChI=1S/C17H15Cl2N5O2S/c1-26-12-4-2-3-11(8-12)21-15(25)9-27-17-23-22-16(24(17)20)10-5-6-13(18)14(19)7-10/h2-8H,9,20H2,1H3,(H,21,25). The van der Waals surface area contributed by atoms with E-state index in [0.717, 1.165) is 0 Å². The van der Waals surface area contributed by atoms with Gasteiger partial charge in [-0.05, 0) is 30.3 Å². The summed E-state index contributed by atoms with van der Waals surface area (Å²) in [5.41, 5.74) is 1.32. The Hall–Kier alpha value is -2.42. The van der Waals surface area contributed by atoms with Gasteiger partial charge >= 0.3 is 0 Å². The van der Waals surface area contributed by atoms with Crippen LogP contribution in [0.1, 0.15) is 0 Å². The summed E-state index contributed by atoms with van der Waals surface area (Å²) in [6.45, 7) is 0. The molecule has 0 aliphatic carbocycles. The van der Waals surface area contributed by atoms with Gasteiger partial charge in [-0.15, -0.1) is 10.2 Å². The molecule has 0 saturated heterocycles. The van der Waals surface area contributed by atoms with Crippen molar-refractivity contribution in [2.45, 2.75) is 5.16 Å². The number of nitrogens with zero attached hydrogens (tertiary/aromatic N) is 3. The van der Waals surface area contributed by atoms with Gasteiger partial charge in [-0.3, -0.25) is 4.79 Å². The first kappa shape index (κ1) is 19.3. The summed E-state index contributed by atoms with van der Waals surface area (Å²) >= 11 is 13.1. The molecular formula is C17H15Cl2N5O2S. The van der Waals surface area contributed by atoms with E-state index in [4.69, 9.17) is 33.8 Å². The SMILES string of the molecule is COc1cccc(NC(=O)CSc2nnc(-c3ccc(Cl)c(Cl)c3)n2N)c1. The molecule has 0 spiro atoms. The zero-order valence-electron chi connectivity index (χ0n) is 14.1. The molecule has 1 amide bonds. The molecule has 27 heavy (non-hydrogen) atoms. The molecule has 1 heterocycles. The third-order valence-electron chi connectivity index (χ3n) is 3.53. The van der Waals surface area contributed by atoms with Gasteiger partial charge in [0, 0.05) is 17.3 Å². The van der Waals surface area contributed by atoms with Crippen molar-refractivity contribution in [3.8, 4) is 17.1 Å². The third kappa shape index (κ3) is 4.65. The van der Waals surface area contributed by atoms with E-state index < -0.39 is 0 Å². The second-order valence-corrected chi connectivity index (χ2v) is 7.13. The number of amides is 1. The van der Waals surface area contributed by atoms with E-state index in [9.17, 15) is 4.79 Å². The average Bonchev–Trinajstić information content (AvgIpc) is 3.03. The number of aromatic nitrogens is 3. The third-order valence-corrected chi connectivity index (χ3v) is 5.21. The summed E-state index contributed by atoms with van der Waals surface area (Å²) in [6.07, 6.45) is 0. The number of benzene rings is 2. The van der Waals surface area contributed by atoms with Gasteiger partial charge in [0.25, 0.3) is 0 Å². The van der Waals surface area contributed by atoms with Crippen LogP contribution in [0.2, 0.25) is 10.0 Å². The Kier molecular flexibility index (Phi) is 6.10. The van der Waals surface area contributed by atoms with Crippen LogP contribution in [-0.2, 0) is 4.79 Å². The van der Waals surface area contributed by atoms with E-state index in [2.05, 4.69) is 15.5 Å². The molecule has 0 atom stereocenters. The van der Waals surface area contributed by atoms with E-state index in [0.29, 0.717) is 38.0 Å². The molecule has 7 nitrogen and oxygen atoms in total. The van der Waals surface area contributed by atoms with Crippen LogP contribution >= 0.6 is 35.0 Å². The number of anilines is 1. The van der Waals surface area contributed by atoms with E-state index in [1.54, 1.807) is 49.6 Å². The van der Waals surface area contributed by atoms with Crippen molar-refractivity contribution in [2.24, 2.45) is 0 Å². The zero-order chi connectivity index (χ0) is 19.4. The molecule has 0 radical (unpaired) electrons. The second-order valence-electron chi connectivity index (χ2n) is 5.37. The molecule has 0 aliphatic rings. The Labute approximate surface area is 169 Å². The lowest BCUT2D eigenvalue weighted by atomic mass is 10.2. The van der Waals surface area contributed by atoms with Crippen molar-refractivity contribution in [3.63, 3.8) is 0 Å². The van der Waals surface area contributed by atoms with E-state index in [-0.39, 0.29) is 11.7 Å². The van der Waals surface area contributed by atoms with Crippen LogP contribution in [0.15, 0.2) is 47.6 Å². The number of carbonyl (C=O) groups is 1. The highest BCUT2D eigenvalue weighted by atomic mass is 35.5. The highest BCUT2D eigenvalue weighted by Crippen LogP contribution is 2.28. The van der Waals surface area contributed by atoms with Gasteiger partial charge in [0.2, 0.25) is 11.1 Å².